The van der Waals surface area contributed by atoms with E-state index >= 15 is 0 Å². The van der Waals surface area contributed by atoms with Gasteiger partial charge in [-0.25, -0.2) is 0 Å². The van der Waals surface area contributed by atoms with Gasteiger partial charge in [0.15, 0.2) is 0 Å². The largest absolute Gasteiger partial charge is 0.417 e. The van der Waals surface area contributed by atoms with Crippen molar-refractivity contribution in [1.82, 2.24) is 10.2 Å². The summed E-state index contributed by atoms with van der Waals surface area (Å²) in [6.45, 7) is 7.43. The van der Waals surface area contributed by atoms with E-state index in [2.05, 4.69) is 24.1 Å². The Kier molecular flexibility index (Phi) is 7.38. The molecule has 1 aromatic carbocycles. The first-order valence-corrected chi connectivity index (χ1v) is 7.56. The monoisotopic (exact) mass is 316 g/mol. The molecular formula is C16H23F3N2O. The second-order valence-corrected chi connectivity index (χ2v) is 5.03. The van der Waals surface area contributed by atoms with Crippen LogP contribution in [0.3, 0.4) is 0 Å². The van der Waals surface area contributed by atoms with E-state index in [1.807, 2.05) is 0 Å². The summed E-state index contributed by atoms with van der Waals surface area (Å²) in [5.41, 5.74) is -1.21. The minimum Gasteiger partial charge on any atom is -0.352 e. The highest BCUT2D eigenvalue weighted by Gasteiger charge is 2.34. The highest BCUT2D eigenvalue weighted by atomic mass is 19.4. The number of unbranched alkanes of at least 4 members (excludes halogenated alkanes) is 1. The number of amides is 1. The molecule has 0 aliphatic carbocycles. The van der Waals surface area contributed by atoms with Gasteiger partial charge >= 0.3 is 6.18 Å². The molecule has 0 fully saturated rings. The summed E-state index contributed by atoms with van der Waals surface area (Å²) in [6, 6.07) is 4.84. The highest BCUT2D eigenvalue weighted by Crippen LogP contribution is 2.31. The molecule has 22 heavy (non-hydrogen) atoms. The van der Waals surface area contributed by atoms with Gasteiger partial charge in [-0.2, -0.15) is 13.2 Å². The Morgan fingerprint density at radius 1 is 1.14 bits per heavy atom. The highest BCUT2D eigenvalue weighted by molar-refractivity contribution is 5.95. The maximum atomic E-state index is 12.8. The van der Waals surface area contributed by atoms with Gasteiger partial charge in [0, 0.05) is 6.54 Å². The van der Waals surface area contributed by atoms with Crippen molar-refractivity contribution in [2.75, 3.05) is 26.2 Å². The lowest BCUT2D eigenvalue weighted by Crippen LogP contribution is -2.28. The van der Waals surface area contributed by atoms with Crippen molar-refractivity contribution in [2.45, 2.75) is 32.9 Å². The molecule has 0 aliphatic rings. The third-order valence-corrected chi connectivity index (χ3v) is 3.56. The summed E-state index contributed by atoms with van der Waals surface area (Å²) >= 11 is 0. The van der Waals surface area contributed by atoms with Gasteiger partial charge in [-0.3, -0.25) is 4.79 Å². The van der Waals surface area contributed by atoms with Gasteiger partial charge in [0.2, 0.25) is 0 Å². The first-order valence-electron chi connectivity index (χ1n) is 7.56. The lowest BCUT2D eigenvalue weighted by atomic mass is 10.1. The Morgan fingerprint density at radius 2 is 1.77 bits per heavy atom. The van der Waals surface area contributed by atoms with E-state index < -0.39 is 17.6 Å². The molecule has 0 saturated heterocycles. The molecule has 0 spiro atoms. The molecule has 0 bridgehead atoms. The first-order chi connectivity index (χ1) is 10.4. The van der Waals surface area contributed by atoms with Crippen LogP contribution in [-0.4, -0.2) is 37.0 Å². The zero-order valence-corrected chi connectivity index (χ0v) is 13.0. The predicted octanol–water partition coefficient (Wildman–Crippen LogP) is 3.56. The number of halogens is 3. The average Bonchev–Trinajstić information content (AvgIpc) is 2.50. The van der Waals surface area contributed by atoms with Gasteiger partial charge in [-0.05, 0) is 44.6 Å². The maximum Gasteiger partial charge on any atom is 0.417 e. The quantitative estimate of drug-likeness (QED) is 0.744. The van der Waals surface area contributed by atoms with Crippen LogP contribution in [0.15, 0.2) is 24.3 Å². The fraction of sp³-hybridized carbons (Fsp3) is 0.562. The van der Waals surface area contributed by atoms with Crippen LogP contribution in [0.4, 0.5) is 13.2 Å². The number of alkyl halides is 3. The summed E-state index contributed by atoms with van der Waals surface area (Å²) in [5.74, 6) is -0.671. The Labute approximate surface area is 129 Å². The lowest BCUT2D eigenvalue weighted by molar-refractivity contribution is -0.137. The van der Waals surface area contributed by atoms with E-state index in [0.717, 1.165) is 38.5 Å². The number of nitrogens with zero attached hydrogens (tertiary/aromatic N) is 1. The molecule has 0 heterocycles. The second-order valence-electron chi connectivity index (χ2n) is 5.03. The molecule has 0 radical (unpaired) electrons. The van der Waals surface area contributed by atoms with Gasteiger partial charge in [0.05, 0.1) is 11.1 Å². The third-order valence-electron chi connectivity index (χ3n) is 3.56. The smallest absolute Gasteiger partial charge is 0.352 e. The number of benzene rings is 1. The van der Waals surface area contributed by atoms with Crippen molar-refractivity contribution in [3.05, 3.63) is 35.4 Å². The van der Waals surface area contributed by atoms with Crippen molar-refractivity contribution in [3.63, 3.8) is 0 Å². The van der Waals surface area contributed by atoms with Crippen LogP contribution in [0.2, 0.25) is 0 Å². The molecule has 1 amide bonds. The van der Waals surface area contributed by atoms with Gasteiger partial charge in [0.25, 0.3) is 5.91 Å². The van der Waals surface area contributed by atoms with Gasteiger partial charge in [-0.1, -0.05) is 26.0 Å². The minimum atomic E-state index is -4.52. The molecule has 0 atom stereocenters. The normalized spacial score (nSPS) is 11.7. The van der Waals surface area contributed by atoms with Crippen LogP contribution in [0.25, 0.3) is 0 Å². The van der Waals surface area contributed by atoms with E-state index in [1.165, 1.54) is 18.2 Å². The summed E-state index contributed by atoms with van der Waals surface area (Å²) < 4.78 is 38.5. The molecule has 1 N–H and O–H groups in total. The van der Waals surface area contributed by atoms with Crippen molar-refractivity contribution in [2.24, 2.45) is 0 Å². The van der Waals surface area contributed by atoms with E-state index in [0.29, 0.717) is 6.54 Å². The van der Waals surface area contributed by atoms with Crippen molar-refractivity contribution in [1.29, 1.82) is 0 Å². The zero-order chi connectivity index (χ0) is 16.6. The summed E-state index contributed by atoms with van der Waals surface area (Å²) in [4.78, 5) is 14.2. The van der Waals surface area contributed by atoms with Crippen LogP contribution < -0.4 is 5.32 Å². The molecule has 124 valence electrons. The molecule has 0 aliphatic heterocycles. The fourth-order valence-electron chi connectivity index (χ4n) is 2.23. The molecule has 6 heteroatoms. The molecule has 0 saturated carbocycles. The van der Waals surface area contributed by atoms with E-state index in [9.17, 15) is 18.0 Å². The van der Waals surface area contributed by atoms with Crippen LogP contribution in [0.1, 0.15) is 42.6 Å². The minimum absolute atomic E-state index is 0.321. The van der Waals surface area contributed by atoms with E-state index in [1.54, 1.807) is 0 Å². The van der Waals surface area contributed by atoms with Gasteiger partial charge < -0.3 is 10.2 Å². The van der Waals surface area contributed by atoms with Crippen LogP contribution >= 0.6 is 0 Å². The average molecular weight is 316 g/mol. The third kappa shape index (κ3) is 5.67. The molecule has 1 rings (SSSR count). The topological polar surface area (TPSA) is 32.3 Å². The van der Waals surface area contributed by atoms with Gasteiger partial charge in [-0.15, -0.1) is 0 Å². The van der Waals surface area contributed by atoms with Crippen LogP contribution in [0.5, 0.6) is 0 Å². The summed E-state index contributed by atoms with van der Waals surface area (Å²) in [6.07, 6.45) is -2.87. The number of rotatable bonds is 8. The molecule has 3 nitrogen and oxygen atoms in total. The van der Waals surface area contributed by atoms with E-state index in [4.69, 9.17) is 0 Å². The second kappa shape index (κ2) is 8.78. The zero-order valence-electron chi connectivity index (χ0n) is 13.0. The summed E-state index contributed by atoms with van der Waals surface area (Å²) in [7, 11) is 0. The molecule has 0 aromatic heterocycles. The van der Waals surface area contributed by atoms with Crippen LogP contribution in [0, 0.1) is 0 Å². The predicted molar refractivity (Wildman–Crippen MR) is 80.8 cm³/mol. The van der Waals surface area contributed by atoms with E-state index in [-0.39, 0.29) is 5.56 Å². The van der Waals surface area contributed by atoms with Crippen molar-refractivity contribution in [3.8, 4) is 0 Å². The van der Waals surface area contributed by atoms with Crippen molar-refractivity contribution < 1.29 is 18.0 Å². The van der Waals surface area contributed by atoms with Crippen molar-refractivity contribution >= 4 is 5.91 Å². The lowest BCUT2D eigenvalue weighted by Gasteiger charge is -2.17. The van der Waals surface area contributed by atoms with Crippen LogP contribution in [-0.2, 0) is 6.18 Å². The molecule has 0 unspecified atom stereocenters. The Bertz CT molecular complexity index is 471. The van der Waals surface area contributed by atoms with Gasteiger partial charge in [0.1, 0.15) is 0 Å². The number of nitrogens with one attached hydrogen (secondary N) is 1. The SMILES string of the molecule is CCN(CC)CCCCNC(=O)c1ccccc1C(F)(F)F. The first kappa shape index (κ1) is 18.5. The number of carbonyl (C=O) groups is 1. The Balaban J connectivity index is 2.47. The molecular weight excluding hydrogens is 293 g/mol. The standard InChI is InChI=1S/C16H23F3N2O/c1-3-21(4-2)12-8-7-11-20-15(22)13-9-5-6-10-14(13)16(17,18)19/h5-6,9-10H,3-4,7-8,11-12H2,1-2H3,(H,20,22). The Hall–Kier alpha value is -1.56. The Morgan fingerprint density at radius 3 is 2.36 bits per heavy atom. The number of hydrogen-bond acceptors (Lipinski definition) is 2. The fourth-order valence-corrected chi connectivity index (χ4v) is 2.23. The number of carbonyl (C=O) groups excluding carboxylic acids is 1. The number of hydrogen-bond donors (Lipinski definition) is 1. The maximum absolute atomic E-state index is 12.8. The summed E-state index contributed by atoms with van der Waals surface area (Å²) in [5, 5.41) is 2.56. The molecule has 1 aromatic rings.